The summed E-state index contributed by atoms with van der Waals surface area (Å²) in [6.07, 6.45) is 1.79. The van der Waals surface area contributed by atoms with Crippen molar-refractivity contribution in [3.05, 3.63) is 84.3 Å². The Morgan fingerprint density at radius 1 is 1.00 bits per heavy atom. The van der Waals surface area contributed by atoms with Gasteiger partial charge in [-0.1, -0.05) is 36.4 Å². The summed E-state index contributed by atoms with van der Waals surface area (Å²) in [5.41, 5.74) is 1.16. The van der Waals surface area contributed by atoms with E-state index in [0.717, 1.165) is 5.75 Å². The van der Waals surface area contributed by atoms with Gasteiger partial charge in [0.2, 0.25) is 5.91 Å². The van der Waals surface area contributed by atoms with Crippen LogP contribution in [0.2, 0.25) is 0 Å². The molecule has 1 amide bonds. The number of aromatic nitrogens is 1. The number of nitrogens with zero attached hydrogens (tertiary/aromatic N) is 1. The van der Waals surface area contributed by atoms with Gasteiger partial charge in [0.15, 0.2) is 0 Å². The Bertz CT molecular complexity index is 870. The van der Waals surface area contributed by atoms with E-state index in [0.29, 0.717) is 30.2 Å². The number of nitrogens with one attached hydrogen (secondary N) is 2. The number of ether oxygens (including phenoxy) is 1. The zero-order chi connectivity index (χ0) is 18.9. The van der Waals surface area contributed by atoms with Gasteiger partial charge in [0, 0.05) is 12.1 Å². The van der Waals surface area contributed by atoms with E-state index in [-0.39, 0.29) is 18.1 Å². The molecule has 5 nitrogen and oxygen atoms in total. The first-order valence-corrected chi connectivity index (χ1v) is 8.62. The monoisotopic (exact) mass is 365 g/mol. The van der Waals surface area contributed by atoms with Crippen LogP contribution >= 0.6 is 0 Å². The minimum atomic E-state index is -0.258. The quantitative estimate of drug-likeness (QED) is 0.627. The smallest absolute Gasteiger partial charge is 0.227 e. The highest BCUT2D eigenvalue weighted by atomic mass is 19.1. The number of carbonyl (C=O) groups excluding carboxylic acids is 1. The van der Waals surface area contributed by atoms with Crippen molar-refractivity contribution in [2.45, 2.75) is 13.0 Å². The minimum Gasteiger partial charge on any atom is -0.493 e. The summed E-state index contributed by atoms with van der Waals surface area (Å²) >= 11 is 0. The molecule has 0 bridgehead atoms. The fraction of sp³-hybridized carbons (Fsp3) is 0.143. The molecule has 2 aromatic carbocycles. The van der Waals surface area contributed by atoms with Crippen LogP contribution in [0.25, 0.3) is 0 Å². The van der Waals surface area contributed by atoms with Crippen molar-refractivity contribution in [3.63, 3.8) is 0 Å². The molecule has 1 heterocycles. The van der Waals surface area contributed by atoms with E-state index in [4.69, 9.17) is 4.74 Å². The number of pyridine rings is 1. The van der Waals surface area contributed by atoms with Crippen LogP contribution in [-0.2, 0) is 11.3 Å². The van der Waals surface area contributed by atoms with Crippen LogP contribution in [0.15, 0.2) is 72.9 Å². The summed E-state index contributed by atoms with van der Waals surface area (Å²) in [6, 6.07) is 19.4. The molecule has 0 atom stereocenters. The van der Waals surface area contributed by atoms with Gasteiger partial charge >= 0.3 is 0 Å². The Hall–Kier alpha value is -3.41. The lowest BCUT2D eigenvalue weighted by Crippen LogP contribution is -2.15. The lowest BCUT2D eigenvalue weighted by Gasteiger charge is -2.09. The van der Waals surface area contributed by atoms with Crippen LogP contribution in [-0.4, -0.2) is 17.5 Å². The molecule has 0 aliphatic carbocycles. The number of anilines is 2. The number of halogens is 1. The predicted molar refractivity (Wildman–Crippen MR) is 103 cm³/mol. The van der Waals surface area contributed by atoms with Crippen molar-refractivity contribution in [2.75, 3.05) is 17.2 Å². The molecular weight excluding hydrogens is 345 g/mol. The van der Waals surface area contributed by atoms with Crippen molar-refractivity contribution < 1.29 is 13.9 Å². The Labute approximate surface area is 157 Å². The second kappa shape index (κ2) is 9.33. The maximum absolute atomic E-state index is 13.6. The van der Waals surface area contributed by atoms with Crippen LogP contribution in [0.4, 0.5) is 15.9 Å². The molecule has 3 rings (SSSR count). The summed E-state index contributed by atoms with van der Waals surface area (Å²) in [4.78, 5) is 16.2. The fourth-order valence-corrected chi connectivity index (χ4v) is 2.40. The number of hydrogen-bond acceptors (Lipinski definition) is 4. The molecule has 0 saturated carbocycles. The third-order valence-electron chi connectivity index (χ3n) is 3.81. The molecular formula is C21H20FN3O2. The Morgan fingerprint density at radius 2 is 1.78 bits per heavy atom. The Kier molecular flexibility index (Phi) is 6.35. The van der Waals surface area contributed by atoms with E-state index in [9.17, 15) is 9.18 Å². The lowest BCUT2D eigenvalue weighted by atomic mass is 10.2. The summed E-state index contributed by atoms with van der Waals surface area (Å²) in [7, 11) is 0. The lowest BCUT2D eigenvalue weighted by molar-refractivity contribution is -0.116. The van der Waals surface area contributed by atoms with Crippen molar-refractivity contribution in [2.24, 2.45) is 0 Å². The third kappa shape index (κ3) is 5.81. The van der Waals surface area contributed by atoms with E-state index < -0.39 is 0 Å². The number of carbonyl (C=O) groups is 1. The normalized spacial score (nSPS) is 10.3. The number of benzene rings is 2. The summed E-state index contributed by atoms with van der Waals surface area (Å²) in [6.45, 7) is 0.633. The second-order valence-corrected chi connectivity index (χ2v) is 5.84. The van der Waals surface area contributed by atoms with E-state index in [1.165, 1.54) is 6.07 Å². The molecule has 3 aromatic rings. The minimum absolute atomic E-state index is 0.153. The molecule has 0 spiro atoms. The molecule has 6 heteroatoms. The SMILES string of the molecule is O=C(CCOc1ccccc1)Nc1ccc(NCc2ccccc2F)nc1. The highest BCUT2D eigenvalue weighted by Gasteiger charge is 2.05. The van der Waals surface area contributed by atoms with E-state index in [1.807, 2.05) is 30.3 Å². The highest BCUT2D eigenvalue weighted by Crippen LogP contribution is 2.13. The van der Waals surface area contributed by atoms with Crippen molar-refractivity contribution in [1.82, 2.24) is 4.98 Å². The molecule has 0 aliphatic rings. The maximum Gasteiger partial charge on any atom is 0.227 e. The largest absolute Gasteiger partial charge is 0.493 e. The van der Waals surface area contributed by atoms with Gasteiger partial charge in [-0.25, -0.2) is 9.37 Å². The van der Waals surface area contributed by atoms with E-state index in [2.05, 4.69) is 15.6 Å². The van der Waals surface area contributed by atoms with Crippen molar-refractivity contribution in [1.29, 1.82) is 0 Å². The first-order chi connectivity index (χ1) is 13.2. The van der Waals surface area contributed by atoms with Crippen LogP contribution in [0, 0.1) is 5.82 Å². The van der Waals surface area contributed by atoms with Crippen LogP contribution in [0.3, 0.4) is 0 Å². The topological polar surface area (TPSA) is 63.2 Å². The standard InChI is InChI=1S/C21H20FN3O2/c22-19-9-5-4-6-16(19)14-23-20-11-10-17(15-24-20)25-21(26)12-13-27-18-7-2-1-3-8-18/h1-11,15H,12-14H2,(H,23,24)(H,25,26). The first-order valence-electron chi connectivity index (χ1n) is 8.62. The molecule has 2 N–H and O–H groups in total. The van der Waals surface area contributed by atoms with E-state index in [1.54, 1.807) is 36.5 Å². The molecule has 27 heavy (non-hydrogen) atoms. The van der Waals surface area contributed by atoms with E-state index >= 15 is 0 Å². The van der Waals surface area contributed by atoms with Gasteiger partial charge in [0.1, 0.15) is 17.4 Å². The predicted octanol–water partition coefficient (Wildman–Crippen LogP) is 4.24. The summed E-state index contributed by atoms with van der Waals surface area (Å²) in [5.74, 6) is 0.923. The highest BCUT2D eigenvalue weighted by molar-refractivity contribution is 5.90. The molecule has 1 aromatic heterocycles. The molecule has 0 fully saturated rings. The van der Waals surface area contributed by atoms with Gasteiger partial charge in [0.05, 0.1) is 24.9 Å². The number of amides is 1. The summed E-state index contributed by atoms with van der Waals surface area (Å²) < 4.78 is 19.1. The van der Waals surface area contributed by atoms with Gasteiger partial charge in [-0.05, 0) is 30.3 Å². The molecule has 138 valence electrons. The van der Waals surface area contributed by atoms with Gasteiger partial charge in [-0.3, -0.25) is 4.79 Å². The molecule has 0 unspecified atom stereocenters. The zero-order valence-electron chi connectivity index (χ0n) is 14.7. The number of para-hydroxylation sites is 1. The van der Waals surface area contributed by atoms with Gasteiger partial charge in [-0.2, -0.15) is 0 Å². The van der Waals surface area contributed by atoms with Gasteiger partial charge < -0.3 is 15.4 Å². The van der Waals surface area contributed by atoms with Crippen molar-refractivity contribution in [3.8, 4) is 5.75 Å². The zero-order valence-corrected chi connectivity index (χ0v) is 14.7. The van der Waals surface area contributed by atoms with Crippen LogP contribution in [0.1, 0.15) is 12.0 Å². The van der Waals surface area contributed by atoms with Crippen LogP contribution in [0.5, 0.6) is 5.75 Å². The van der Waals surface area contributed by atoms with Gasteiger partial charge in [0.25, 0.3) is 0 Å². The Morgan fingerprint density at radius 3 is 2.52 bits per heavy atom. The van der Waals surface area contributed by atoms with Gasteiger partial charge in [-0.15, -0.1) is 0 Å². The number of hydrogen-bond donors (Lipinski definition) is 2. The fourth-order valence-electron chi connectivity index (χ4n) is 2.40. The molecule has 0 saturated heterocycles. The van der Waals surface area contributed by atoms with Crippen molar-refractivity contribution >= 4 is 17.4 Å². The summed E-state index contributed by atoms with van der Waals surface area (Å²) in [5, 5.41) is 5.82. The first kappa shape index (κ1) is 18.4. The average Bonchev–Trinajstić information content (AvgIpc) is 2.69. The average molecular weight is 365 g/mol. The Balaban J connectivity index is 1.43. The second-order valence-electron chi connectivity index (χ2n) is 5.84. The molecule has 0 radical (unpaired) electrons. The molecule has 0 aliphatic heterocycles. The number of rotatable bonds is 8. The third-order valence-corrected chi connectivity index (χ3v) is 3.81. The maximum atomic E-state index is 13.6. The van der Waals surface area contributed by atoms with Crippen LogP contribution < -0.4 is 15.4 Å².